The fourth-order valence-electron chi connectivity index (χ4n) is 4.70. The number of nitro benzene ring substituents is 1. The lowest BCUT2D eigenvalue weighted by Gasteiger charge is -2.38. The third-order valence-electron chi connectivity index (χ3n) is 6.73. The van der Waals surface area contributed by atoms with E-state index in [0.29, 0.717) is 28.7 Å². The van der Waals surface area contributed by atoms with Crippen molar-refractivity contribution in [3.05, 3.63) is 102 Å². The van der Waals surface area contributed by atoms with Crippen LogP contribution in [0.4, 0.5) is 5.69 Å². The Labute approximate surface area is 241 Å². The summed E-state index contributed by atoms with van der Waals surface area (Å²) in [5.41, 5.74) is 2.49. The van der Waals surface area contributed by atoms with Gasteiger partial charge in [-0.15, -0.1) is 11.3 Å². The van der Waals surface area contributed by atoms with E-state index in [0.717, 1.165) is 36.8 Å². The highest BCUT2D eigenvalue weighted by molar-refractivity contribution is 7.10. The summed E-state index contributed by atoms with van der Waals surface area (Å²) in [6, 6.07) is 12.9. The molecule has 0 radical (unpaired) electrons. The van der Waals surface area contributed by atoms with E-state index in [9.17, 15) is 19.7 Å². The zero-order valence-electron chi connectivity index (χ0n) is 21.5. The van der Waals surface area contributed by atoms with Crippen LogP contribution in [0.25, 0.3) is 6.08 Å². The maximum absolute atomic E-state index is 13.8. The summed E-state index contributed by atoms with van der Waals surface area (Å²) in [5.74, 6) is -0.441. The molecule has 0 aliphatic carbocycles. The van der Waals surface area contributed by atoms with Crippen LogP contribution in [-0.4, -0.2) is 46.2 Å². The number of rotatable bonds is 10. The SMILES string of the molecule is CCCCCN(CC(=O)N1CCc2sccc2C1c1ccc(Cl)cc1Cl)C(=O)C=Cc1ccc([N+](=O)[O-])cc1. The van der Waals surface area contributed by atoms with Crippen LogP contribution in [0.1, 0.15) is 53.8 Å². The van der Waals surface area contributed by atoms with Gasteiger partial charge in [-0.25, -0.2) is 0 Å². The van der Waals surface area contributed by atoms with Gasteiger partial charge in [0, 0.05) is 46.2 Å². The average molecular weight is 587 g/mol. The minimum Gasteiger partial charge on any atom is -0.330 e. The molecule has 10 heteroatoms. The zero-order valence-corrected chi connectivity index (χ0v) is 23.8. The van der Waals surface area contributed by atoms with Gasteiger partial charge >= 0.3 is 0 Å². The molecule has 3 aromatic rings. The molecule has 1 atom stereocenters. The summed E-state index contributed by atoms with van der Waals surface area (Å²) in [6.07, 6.45) is 6.47. The van der Waals surface area contributed by atoms with Crippen LogP contribution in [0.5, 0.6) is 0 Å². The topological polar surface area (TPSA) is 83.8 Å². The lowest BCUT2D eigenvalue weighted by atomic mass is 9.93. The lowest BCUT2D eigenvalue weighted by Crippen LogP contribution is -2.46. The molecular formula is C29H29Cl2N3O4S. The van der Waals surface area contributed by atoms with E-state index in [4.69, 9.17) is 23.2 Å². The molecule has 0 bridgehead atoms. The van der Waals surface area contributed by atoms with Gasteiger partial charge in [-0.05, 0) is 71.3 Å². The maximum atomic E-state index is 13.8. The number of non-ortho nitro benzene ring substituents is 1. The van der Waals surface area contributed by atoms with Crippen LogP contribution in [0, 0.1) is 10.1 Å². The molecule has 1 aromatic heterocycles. The molecule has 0 saturated heterocycles. The molecule has 2 amide bonds. The van der Waals surface area contributed by atoms with Crippen molar-refractivity contribution in [1.82, 2.24) is 9.80 Å². The fraction of sp³-hybridized carbons (Fsp3) is 0.310. The number of carbonyl (C=O) groups excluding carboxylic acids is 2. The van der Waals surface area contributed by atoms with Crippen molar-refractivity contribution >= 4 is 58.1 Å². The summed E-state index contributed by atoms with van der Waals surface area (Å²) in [6.45, 7) is 2.99. The monoisotopic (exact) mass is 585 g/mol. The second kappa shape index (κ2) is 13.2. The Bertz CT molecular complexity index is 1370. The third kappa shape index (κ3) is 7.06. The largest absolute Gasteiger partial charge is 0.330 e. The van der Waals surface area contributed by atoms with Gasteiger partial charge in [0.2, 0.25) is 11.8 Å². The number of fused-ring (bicyclic) bond motifs is 1. The van der Waals surface area contributed by atoms with Gasteiger partial charge in [0.25, 0.3) is 5.69 Å². The van der Waals surface area contributed by atoms with Gasteiger partial charge in [-0.1, -0.05) is 49.0 Å². The molecule has 0 fully saturated rings. The van der Waals surface area contributed by atoms with Crippen LogP contribution in [-0.2, 0) is 16.0 Å². The molecule has 204 valence electrons. The van der Waals surface area contributed by atoms with Crippen molar-refractivity contribution in [3.8, 4) is 0 Å². The number of hydrogen-bond donors (Lipinski definition) is 0. The molecule has 0 saturated carbocycles. The normalized spacial score (nSPS) is 14.8. The molecule has 4 rings (SSSR count). The first-order valence-corrected chi connectivity index (χ1v) is 14.4. The summed E-state index contributed by atoms with van der Waals surface area (Å²) in [7, 11) is 0. The summed E-state index contributed by atoms with van der Waals surface area (Å²) >= 11 is 14.4. The molecule has 1 unspecified atom stereocenters. The minimum atomic E-state index is -0.468. The molecular weight excluding hydrogens is 557 g/mol. The van der Waals surface area contributed by atoms with Crippen molar-refractivity contribution in [2.45, 2.75) is 38.6 Å². The molecule has 0 spiro atoms. The van der Waals surface area contributed by atoms with E-state index in [1.807, 2.05) is 22.4 Å². The predicted octanol–water partition coefficient (Wildman–Crippen LogP) is 7.17. The minimum absolute atomic E-state index is 0.0177. The molecule has 7 nitrogen and oxygen atoms in total. The summed E-state index contributed by atoms with van der Waals surface area (Å²) in [5, 5.41) is 13.9. The van der Waals surface area contributed by atoms with Gasteiger partial charge in [0.05, 0.1) is 11.0 Å². The number of thiophene rings is 1. The number of nitro groups is 1. The number of amides is 2. The van der Waals surface area contributed by atoms with Gasteiger partial charge in [-0.3, -0.25) is 19.7 Å². The summed E-state index contributed by atoms with van der Waals surface area (Å²) in [4.78, 5) is 42.1. The van der Waals surface area contributed by atoms with Crippen molar-refractivity contribution in [3.63, 3.8) is 0 Å². The smallest absolute Gasteiger partial charge is 0.269 e. The van der Waals surface area contributed by atoms with Crippen molar-refractivity contribution in [1.29, 1.82) is 0 Å². The lowest BCUT2D eigenvalue weighted by molar-refractivity contribution is -0.384. The molecule has 2 aromatic carbocycles. The Morgan fingerprint density at radius 1 is 1.13 bits per heavy atom. The Morgan fingerprint density at radius 3 is 2.59 bits per heavy atom. The van der Waals surface area contributed by atoms with Crippen LogP contribution in [0.2, 0.25) is 10.0 Å². The Hall–Kier alpha value is -3.20. The van der Waals surface area contributed by atoms with Gasteiger partial charge in [-0.2, -0.15) is 0 Å². The summed E-state index contributed by atoms with van der Waals surface area (Å²) < 4.78 is 0. The first kappa shape index (κ1) is 28.8. The molecule has 39 heavy (non-hydrogen) atoms. The zero-order chi connectivity index (χ0) is 27.9. The number of nitrogens with zero attached hydrogens (tertiary/aromatic N) is 3. The number of hydrogen-bond acceptors (Lipinski definition) is 5. The third-order valence-corrected chi connectivity index (χ3v) is 8.29. The van der Waals surface area contributed by atoms with Crippen molar-refractivity contribution in [2.75, 3.05) is 19.6 Å². The van der Waals surface area contributed by atoms with E-state index < -0.39 is 4.92 Å². The van der Waals surface area contributed by atoms with Crippen LogP contribution < -0.4 is 0 Å². The first-order chi connectivity index (χ1) is 18.8. The fourth-order valence-corrected chi connectivity index (χ4v) is 6.11. The van der Waals surface area contributed by atoms with E-state index in [1.165, 1.54) is 23.1 Å². The van der Waals surface area contributed by atoms with E-state index in [-0.39, 0.29) is 30.1 Å². The Balaban J connectivity index is 1.56. The number of unbranched alkanes of at least 4 members (excludes halogenated alkanes) is 2. The van der Waals surface area contributed by atoms with Gasteiger partial charge < -0.3 is 9.80 Å². The Kier molecular flexibility index (Phi) is 9.78. The maximum Gasteiger partial charge on any atom is 0.269 e. The van der Waals surface area contributed by atoms with E-state index >= 15 is 0 Å². The average Bonchev–Trinajstić information content (AvgIpc) is 3.40. The second-order valence-corrected chi connectivity index (χ2v) is 11.2. The number of carbonyl (C=O) groups is 2. The van der Waals surface area contributed by atoms with Crippen molar-refractivity contribution in [2.24, 2.45) is 0 Å². The second-order valence-electron chi connectivity index (χ2n) is 9.35. The van der Waals surface area contributed by atoms with Crippen LogP contribution >= 0.6 is 34.5 Å². The number of halogens is 2. The molecule has 0 N–H and O–H groups in total. The van der Waals surface area contributed by atoms with Crippen LogP contribution in [0.3, 0.4) is 0 Å². The van der Waals surface area contributed by atoms with E-state index in [2.05, 4.69) is 6.92 Å². The molecule has 1 aliphatic heterocycles. The van der Waals surface area contributed by atoms with Gasteiger partial charge in [0.1, 0.15) is 6.54 Å². The van der Waals surface area contributed by atoms with Gasteiger partial charge in [0.15, 0.2) is 0 Å². The standard InChI is InChI=1S/C29H29Cl2N3O4S/c1-2-3-4-15-32(27(35)12-7-20-5-9-22(10-6-20)34(37)38)19-28(36)33-16-13-26-24(14-17-39-26)29(33)23-11-8-21(30)18-25(23)31/h5-12,14,17-18,29H,2-4,13,15-16,19H2,1H3. The molecule has 1 aliphatic rings. The highest BCUT2D eigenvalue weighted by Crippen LogP contribution is 2.41. The Morgan fingerprint density at radius 2 is 1.90 bits per heavy atom. The highest BCUT2D eigenvalue weighted by Gasteiger charge is 2.34. The number of benzene rings is 2. The predicted molar refractivity (Wildman–Crippen MR) is 156 cm³/mol. The van der Waals surface area contributed by atoms with E-state index in [1.54, 1.807) is 46.6 Å². The quantitative estimate of drug-likeness (QED) is 0.109. The van der Waals surface area contributed by atoms with Crippen LogP contribution in [0.15, 0.2) is 60.0 Å². The van der Waals surface area contributed by atoms with Crippen molar-refractivity contribution < 1.29 is 14.5 Å². The highest BCUT2D eigenvalue weighted by atomic mass is 35.5. The molecule has 2 heterocycles. The first-order valence-electron chi connectivity index (χ1n) is 12.8.